The fourth-order valence-electron chi connectivity index (χ4n) is 2.58. The molecule has 0 saturated heterocycles. The van der Waals surface area contributed by atoms with E-state index >= 15 is 0 Å². The number of amides is 1. The number of nitrogens with one attached hydrogen (secondary N) is 1. The van der Waals surface area contributed by atoms with Crippen molar-refractivity contribution in [2.45, 2.75) is 19.8 Å². The number of benzene rings is 1. The first kappa shape index (κ1) is 17.6. The first-order chi connectivity index (χ1) is 13.2. The van der Waals surface area contributed by atoms with Crippen LogP contribution in [0.2, 0.25) is 0 Å². The van der Waals surface area contributed by atoms with Gasteiger partial charge >= 0.3 is 0 Å². The number of aromatic nitrogens is 3. The van der Waals surface area contributed by atoms with E-state index in [9.17, 15) is 4.79 Å². The third-order valence-electron chi connectivity index (χ3n) is 3.98. The molecule has 0 saturated carbocycles. The van der Waals surface area contributed by atoms with Crippen molar-refractivity contribution in [2.24, 2.45) is 0 Å². The van der Waals surface area contributed by atoms with Crippen molar-refractivity contribution in [3.8, 4) is 22.6 Å². The molecule has 1 N–H and O–H groups in total. The maximum absolute atomic E-state index is 12.2. The number of thiazole rings is 1. The highest BCUT2D eigenvalue weighted by molar-refractivity contribution is 7.14. The SMILES string of the molecule is Cc1ccccc1-c1csc(NC(=O)CCc2nc(-c3ccsc3)no2)n1. The van der Waals surface area contributed by atoms with Gasteiger partial charge in [0.15, 0.2) is 5.13 Å². The van der Waals surface area contributed by atoms with Gasteiger partial charge in [-0.15, -0.1) is 11.3 Å². The van der Waals surface area contributed by atoms with Gasteiger partial charge in [-0.2, -0.15) is 16.3 Å². The summed E-state index contributed by atoms with van der Waals surface area (Å²) in [6, 6.07) is 9.97. The van der Waals surface area contributed by atoms with Crippen LogP contribution >= 0.6 is 22.7 Å². The molecule has 4 rings (SSSR count). The Kier molecular flexibility index (Phi) is 5.08. The van der Waals surface area contributed by atoms with Gasteiger partial charge in [-0.1, -0.05) is 29.4 Å². The summed E-state index contributed by atoms with van der Waals surface area (Å²) in [6.07, 6.45) is 0.642. The Labute approximate surface area is 163 Å². The largest absolute Gasteiger partial charge is 0.339 e. The molecule has 0 radical (unpaired) electrons. The number of carbonyl (C=O) groups is 1. The molecule has 0 aliphatic rings. The molecule has 0 unspecified atom stereocenters. The number of hydrogen-bond donors (Lipinski definition) is 1. The Balaban J connectivity index is 1.34. The molecule has 0 aliphatic carbocycles. The minimum atomic E-state index is -0.129. The summed E-state index contributed by atoms with van der Waals surface area (Å²) in [6.45, 7) is 2.04. The van der Waals surface area contributed by atoms with Crippen molar-refractivity contribution < 1.29 is 9.32 Å². The molecule has 6 nitrogen and oxygen atoms in total. The molecule has 0 fully saturated rings. The van der Waals surface area contributed by atoms with E-state index in [2.05, 4.69) is 20.4 Å². The van der Waals surface area contributed by atoms with Gasteiger partial charge in [-0.05, 0) is 23.9 Å². The monoisotopic (exact) mass is 396 g/mol. The van der Waals surface area contributed by atoms with Gasteiger partial charge in [-0.25, -0.2) is 4.98 Å². The Hall–Kier alpha value is -2.84. The lowest BCUT2D eigenvalue weighted by atomic mass is 10.1. The zero-order chi connectivity index (χ0) is 18.6. The van der Waals surface area contributed by atoms with E-state index in [0.29, 0.717) is 23.3 Å². The van der Waals surface area contributed by atoms with Crippen LogP contribution in [0.25, 0.3) is 22.6 Å². The Morgan fingerprint density at radius 1 is 1.19 bits per heavy atom. The summed E-state index contributed by atoms with van der Waals surface area (Å²) in [5.41, 5.74) is 4.01. The van der Waals surface area contributed by atoms with Crippen molar-refractivity contribution in [1.82, 2.24) is 15.1 Å². The first-order valence-electron chi connectivity index (χ1n) is 8.35. The Bertz CT molecular complexity index is 1050. The minimum absolute atomic E-state index is 0.129. The number of anilines is 1. The fraction of sp³-hybridized carbons (Fsp3) is 0.158. The highest BCUT2D eigenvalue weighted by Crippen LogP contribution is 2.27. The van der Waals surface area contributed by atoms with Crippen LogP contribution in [0, 0.1) is 6.92 Å². The Morgan fingerprint density at radius 2 is 2.07 bits per heavy atom. The van der Waals surface area contributed by atoms with Crippen LogP contribution in [0.1, 0.15) is 17.9 Å². The topological polar surface area (TPSA) is 80.9 Å². The van der Waals surface area contributed by atoms with E-state index in [0.717, 1.165) is 22.4 Å². The van der Waals surface area contributed by atoms with Gasteiger partial charge < -0.3 is 9.84 Å². The van der Waals surface area contributed by atoms with Crippen molar-refractivity contribution in [1.29, 1.82) is 0 Å². The average molecular weight is 396 g/mol. The van der Waals surface area contributed by atoms with Crippen LogP contribution in [-0.4, -0.2) is 21.0 Å². The lowest BCUT2D eigenvalue weighted by Crippen LogP contribution is -2.12. The molecule has 1 aromatic carbocycles. The average Bonchev–Trinajstić information content (AvgIpc) is 3.41. The molecular weight excluding hydrogens is 380 g/mol. The third-order valence-corrected chi connectivity index (χ3v) is 5.43. The summed E-state index contributed by atoms with van der Waals surface area (Å²) < 4.78 is 5.21. The molecule has 1 amide bonds. The number of hydrogen-bond acceptors (Lipinski definition) is 7. The van der Waals surface area contributed by atoms with Gasteiger partial charge in [0, 0.05) is 34.7 Å². The van der Waals surface area contributed by atoms with E-state index in [1.807, 2.05) is 53.4 Å². The van der Waals surface area contributed by atoms with E-state index < -0.39 is 0 Å². The number of aryl methyl sites for hydroxylation is 2. The quantitative estimate of drug-likeness (QED) is 0.506. The smallest absolute Gasteiger partial charge is 0.227 e. The molecule has 27 heavy (non-hydrogen) atoms. The predicted octanol–water partition coefficient (Wildman–Crippen LogP) is 4.80. The van der Waals surface area contributed by atoms with Gasteiger partial charge in [0.1, 0.15) is 0 Å². The molecule has 0 spiro atoms. The summed E-state index contributed by atoms with van der Waals surface area (Å²) in [5, 5.41) is 13.2. The van der Waals surface area contributed by atoms with Gasteiger partial charge in [0.05, 0.1) is 5.69 Å². The van der Waals surface area contributed by atoms with E-state index in [-0.39, 0.29) is 12.3 Å². The third kappa shape index (κ3) is 4.12. The summed E-state index contributed by atoms with van der Waals surface area (Å²) >= 11 is 2.98. The molecule has 8 heteroatoms. The molecule has 3 aromatic heterocycles. The molecular formula is C19H16N4O2S2. The highest BCUT2D eigenvalue weighted by Gasteiger charge is 2.13. The van der Waals surface area contributed by atoms with E-state index in [1.165, 1.54) is 11.3 Å². The second kappa shape index (κ2) is 7.81. The summed E-state index contributed by atoms with van der Waals surface area (Å²) in [5.74, 6) is 0.872. The molecule has 0 aliphatic heterocycles. The van der Waals surface area contributed by atoms with Crippen molar-refractivity contribution in [3.63, 3.8) is 0 Å². The van der Waals surface area contributed by atoms with Gasteiger partial charge in [0.2, 0.25) is 17.6 Å². The number of carbonyl (C=O) groups excluding carboxylic acids is 1. The molecule has 0 atom stereocenters. The zero-order valence-electron chi connectivity index (χ0n) is 14.5. The first-order valence-corrected chi connectivity index (χ1v) is 10.2. The standard InChI is InChI=1S/C19H16N4O2S2/c1-12-4-2-3-5-14(12)15-11-27-19(20-15)21-16(24)6-7-17-22-18(23-25-17)13-8-9-26-10-13/h2-5,8-11H,6-7H2,1H3,(H,20,21,24). The van der Waals surface area contributed by atoms with E-state index in [4.69, 9.17) is 4.52 Å². The summed E-state index contributed by atoms with van der Waals surface area (Å²) in [7, 11) is 0. The zero-order valence-corrected chi connectivity index (χ0v) is 16.1. The van der Waals surface area contributed by atoms with E-state index in [1.54, 1.807) is 11.3 Å². The molecule has 4 aromatic rings. The number of thiophene rings is 1. The number of nitrogens with zero attached hydrogens (tertiary/aromatic N) is 3. The van der Waals surface area contributed by atoms with Crippen molar-refractivity contribution >= 4 is 33.7 Å². The normalized spacial score (nSPS) is 10.9. The van der Waals surface area contributed by atoms with Gasteiger partial charge in [0.25, 0.3) is 0 Å². The fourth-order valence-corrected chi connectivity index (χ4v) is 3.94. The predicted molar refractivity (Wildman–Crippen MR) is 107 cm³/mol. The van der Waals surface area contributed by atoms with Gasteiger partial charge in [-0.3, -0.25) is 4.79 Å². The van der Waals surface area contributed by atoms with Crippen LogP contribution in [0.15, 0.2) is 51.0 Å². The maximum atomic E-state index is 12.2. The minimum Gasteiger partial charge on any atom is -0.339 e. The van der Waals surface area contributed by atoms with Crippen molar-refractivity contribution in [3.05, 3.63) is 57.9 Å². The van der Waals surface area contributed by atoms with Crippen LogP contribution in [0.4, 0.5) is 5.13 Å². The van der Waals surface area contributed by atoms with Crippen LogP contribution in [0.3, 0.4) is 0 Å². The Morgan fingerprint density at radius 3 is 2.89 bits per heavy atom. The molecule has 136 valence electrons. The second-order valence-electron chi connectivity index (χ2n) is 5.92. The lowest BCUT2D eigenvalue weighted by Gasteiger charge is -2.01. The van der Waals surface area contributed by atoms with Crippen LogP contribution in [-0.2, 0) is 11.2 Å². The lowest BCUT2D eigenvalue weighted by molar-refractivity contribution is -0.116. The van der Waals surface area contributed by atoms with Crippen LogP contribution < -0.4 is 5.32 Å². The maximum Gasteiger partial charge on any atom is 0.227 e. The molecule has 3 heterocycles. The summed E-state index contributed by atoms with van der Waals surface area (Å²) in [4.78, 5) is 21.0. The number of rotatable bonds is 6. The second-order valence-corrected chi connectivity index (χ2v) is 7.56. The van der Waals surface area contributed by atoms with Crippen LogP contribution in [0.5, 0.6) is 0 Å². The highest BCUT2D eigenvalue weighted by atomic mass is 32.1. The molecule has 0 bridgehead atoms. The van der Waals surface area contributed by atoms with Crippen molar-refractivity contribution in [2.75, 3.05) is 5.32 Å².